The summed E-state index contributed by atoms with van der Waals surface area (Å²) in [6, 6.07) is 13.4. The third kappa shape index (κ3) is 2.83. The Morgan fingerprint density at radius 2 is 1.90 bits per heavy atom. The molecular formula is C16H16N4O. The molecule has 0 spiro atoms. The van der Waals surface area contributed by atoms with Crippen LogP contribution < -0.4 is 5.73 Å². The third-order valence-electron chi connectivity index (χ3n) is 3.47. The van der Waals surface area contributed by atoms with E-state index in [-0.39, 0.29) is 12.0 Å². The van der Waals surface area contributed by atoms with Crippen LogP contribution in [0, 0.1) is 0 Å². The monoisotopic (exact) mass is 280 g/mol. The highest BCUT2D eigenvalue weighted by molar-refractivity contribution is 5.51. The molecule has 2 aromatic heterocycles. The maximum absolute atomic E-state index is 6.28. The van der Waals surface area contributed by atoms with Crippen LogP contribution in [0.5, 0.6) is 0 Å². The van der Waals surface area contributed by atoms with Crippen LogP contribution in [0.25, 0.3) is 11.4 Å². The maximum Gasteiger partial charge on any atom is 0.231 e. The molecule has 21 heavy (non-hydrogen) atoms. The summed E-state index contributed by atoms with van der Waals surface area (Å²) < 4.78 is 5.35. The first-order chi connectivity index (χ1) is 10.3. The van der Waals surface area contributed by atoms with Crippen molar-refractivity contribution in [2.24, 2.45) is 5.73 Å². The Balaban J connectivity index is 1.83. The maximum atomic E-state index is 6.28. The molecule has 0 aliphatic rings. The van der Waals surface area contributed by atoms with E-state index in [1.165, 1.54) is 0 Å². The molecule has 0 radical (unpaired) electrons. The van der Waals surface area contributed by atoms with E-state index in [9.17, 15) is 0 Å². The Hall–Kier alpha value is -2.53. The first-order valence-corrected chi connectivity index (χ1v) is 6.80. The molecule has 0 fully saturated rings. The van der Waals surface area contributed by atoms with E-state index in [4.69, 9.17) is 10.3 Å². The van der Waals surface area contributed by atoms with Gasteiger partial charge >= 0.3 is 0 Å². The van der Waals surface area contributed by atoms with E-state index in [2.05, 4.69) is 15.1 Å². The average molecular weight is 280 g/mol. The minimum atomic E-state index is -0.187. The van der Waals surface area contributed by atoms with Gasteiger partial charge in [-0.25, -0.2) is 0 Å². The van der Waals surface area contributed by atoms with Crippen molar-refractivity contribution < 1.29 is 4.52 Å². The molecule has 2 unspecified atom stereocenters. The van der Waals surface area contributed by atoms with Gasteiger partial charge in [-0.15, -0.1) is 0 Å². The minimum absolute atomic E-state index is 0.0645. The predicted octanol–water partition coefficient (Wildman–Crippen LogP) is 2.94. The van der Waals surface area contributed by atoms with Crippen LogP contribution in [0.15, 0.2) is 59.4 Å². The fourth-order valence-corrected chi connectivity index (χ4v) is 2.15. The molecule has 2 heterocycles. The van der Waals surface area contributed by atoms with E-state index in [0.29, 0.717) is 11.7 Å². The summed E-state index contributed by atoms with van der Waals surface area (Å²) in [6.45, 7) is 1.98. The van der Waals surface area contributed by atoms with Crippen molar-refractivity contribution in [1.29, 1.82) is 0 Å². The average Bonchev–Trinajstić information content (AvgIpc) is 3.05. The van der Waals surface area contributed by atoms with Crippen molar-refractivity contribution in [1.82, 2.24) is 15.1 Å². The van der Waals surface area contributed by atoms with Crippen LogP contribution in [0.1, 0.15) is 30.3 Å². The molecule has 106 valence electrons. The molecule has 0 amide bonds. The normalized spacial score (nSPS) is 13.8. The van der Waals surface area contributed by atoms with Gasteiger partial charge < -0.3 is 10.3 Å². The van der Waals surface area contributed by atoms with Crippen molar-refractivity contribution >= 4 is 0 Å². The Labute approximate surface area is 122 Å². The molecule has 3 aromatic rings. The van der Waals surface area contributed by atoms with Gasteiger partial charge in [0.15, 0.2) is 0 Å². The summed E-state index contributed by atoms with van der Waals surface area (Å²) in [4.78, 5) is 8.48. The minimum Gasteiger partial charge on any atom is -0.339 e. The fraction of sp³-hybridized carbons (Fsp3) is 0.188. The lowest BCUT2D eigenvalue weighted by molar-refractivity contribution is 0.344. The molecule has 5 heteroatoms. The van der Waals surface area contributed by atoms with Gasteiger partial charge in [-0.1, -0.05) is 42.4 Å². The van der Waals surface area contributed by atoms with Gasteiger partial charge in [0.25, 0.3) is 0 Å². The van der Waals surface area contributed by atoms with Crippen LogP contribution >= 0.6 is 0 Å². The molecule has 0 bridgehead atoms. The summed E-state index contributed by atoms with van der Waals surface area (Å²) in [5.41, 5.74) is 8.15. The molecule has 0 saturated carbocycles. The van der Waals surface area contributed by atoms with Gasteiger partial charge in [0.1, 0.15) is 0 Å². The van der Waals surface area contributed by atoms with Gasteiger partial charge in [-0.3, -0.25) is 4.98 Å². The van der Waals surface area contributed by atoms with Gasteiger partial charge in [-0.2, -0.15) is 4.98 Å². The van der Waals surface area contributed by atoms with Crippen molar-refractivity contribution in [2.75, 3.05) is 0 Å². The number of aromatic nitrogens is 3. The number of hydrogen-bond acceptors (Lipinski definition) is 5. The highest BCUT2D eigenvalue weighted by Crippen LogP contribution is 2.28. The van der Waals surface area contributed by atoms with Crippen LogP contribution in [-0.4, -0.2) is 15.1 Å². The van der Waals surface area contributed by atoms with E-state index in [0.717, 1.165) is 11.1 Å². The zero-order valence-electron chi connectivity index (χ0n) is 11.7. The van der Waals surface area contributed by atoms with Gasteiger partial charge in [-0.05, 0) is 17.7 Å². The highest BCUT2D eigenvalue weighted by atomic mass is 16.5. The van der Waals surface area contributed by atoms with Gasteiger partial charge in [0.05, 0.1) is 5.92 Å². The van der Waals surface area contributed by atoms with Crippen molar-refractivity contribution in [3.63, 3.8) is 0 Å². The highest BCUT2D eigenvalue weighted by Gasteiger charge is 2.22. The lowest BCUT2D eigenvalue weighted by atomic mass is 9.95. The lowest BCUT2D eigenvalue weighted by Gasteiger charge is -2.16. The molecule has 3 rings (SSSR count). The second kappa shape index (κ2) is 5.85. The molecule has 2 N–H and O–H groups in total. The molecule has 5 nitrogen and oxygen atoms in total. The summed E-state index contributed by atoms with van der Waals surface area (Å²) in [6.07, 6.45) is 3.41. The van der Waals surface area contributed by atoms with E-state index in [1.54, 1.807) is 12.4 Å². The fourth-order valence-electron chi connectivity index (χ4n) is 2.15. The van der Waals surface area contributed by atoms with E-state index < -0.39 is 0 Å². The predicted molar refractivity (Wildman–Crippen MR) is 79.3 cm³/mol. The molecule has 0 saturated heterocycles. The first-order valence-electron chi connectivity index (χ1n) is 6.80. The van der Waals surface area contributed by atoms with E-state index >= 15 is 0 Å². The third-order valence-corrected chi connectivity index (χ3v) is 3.47. The van der Waals surface area contributed by atoms with Crippen LogP contribution in [0.3, 0.4) is 0 Å². The molecule has 0 aliphatic heterocycles. The molecular weight excluding hydrogens is 264 g/mol. The van der Waals surface area contributed by atoms with Crippen LogP contribution in [-0.2, 0) is 0 Å². The van der Waals surface area contributed by atoms with Crippen molar-refractivity contribution in [2.45, 2.75) is 18.9 Å². The number of nitrogens with two attached hydrogens (primary N) is 1. The Bertz CT molecular complexity index is 697. The Kier molecular flexibility index (Phi) is 3.75. The largest absolute Gasteiger partial charge is 0.339 e. The number of pyridine rings is 1. The van der Waals surface area contributed by atoms with Crippen LogP contribution in [0.4, 0.5) is 0 Å². The Morgan fingerprint density at radius 1 is 1.10 bits per heavy atom. The summed E-state index contributed by atoms with van der Waals surface area (Å²) in [5.74, 6) is 1.00. The van der Waals surface area contributed by atoms with Crippen LogP contribution in [0.2, 0.25) is 0 Å². The molecule has 2 atom stereocenters. The second-order valence-corrected chi connectivity index (χ2v) is 4.92. The smallest absolute Gasteiger partial charge is 0.231 e. The van der Waals surface area contributed by atoms with Gasteiger partial charge in [0.2, 0.25) is 11.7 Å². The first kappa shape index (κ1) is 13.5. The topological polar surface area (TPSA) is 77.8 Å². The quantitative estimate of drug-likeness (QED) is 0.795. The SMILES string of the molecule is CC(c1nc(-c2cccnc2)no1)C(N)c1ccccc1. The number of nitrogens with zero attached hydrogens (tertiary/aromatic N) is 3. The second-order valence-electron chi connectivity index (χ2n) is 4.92. The zero-order valence-corrected chi connectivity index (χ0v) is 11.7. The van der Waals surface area contributed by atoms with Crippen molar-refractivity contribution in [3.8, 4) is 11.4 Å². The van der Waals surface area contributed by atoms with Crippen molar-refractivity contribution in [3.05, 3.63) is 66.3 Å². The summed E-state index contributed by atoms with van der Waals surface area (Å²) in [5, 5.41) is 4.00. The summed E-state index contributed by atoms with van der Waals surface area (Å²) >= 11 is 0. The zero-order chi connectivity index (χ0) is 14.7. The van der Waals surface area contributed by atoms with E-state index in [1.807, 2.05) is 49.4 Å². The molecule has 0 aliphatic carbocycles. The summed E-state index contributed by atoms with van der Waals surface area (Å²) in [7, 11) is 0. The number of rotatable bonds is 4. The lowest BCUT2D eigenvalue weighted by Crippen LogP contribution is -2.17. The number of benzene rings is 1. The van der Waals surface area contributed by atoms with Gasteiger partial charge in [0, 0.05) is 24.0 Å². The number of hydrogen-bond donors (Lipinski definition) is 1. The Morgan fingerprint density at radius 3 is 2.62 bits per heavy atom. The molecule has 1 aromatic carbocycles. The standard InChI is InChI=1S/C16H16N4O/c1-11(14(17)12-6-3-2-4-7-12)16-19-15(20-21-16)13-8-5-9-18-10-13/h2-11,14H,17H2,1H3.